The van der Waals surface area contributed by atoms with E-state index >= 15 is 0 Å². The van der Waals surface area contributed by atoms with Crippen LogP contribution in [0.1, 0.15) is 19.4 Å². The van der Waals surface area contributed by atoms with Gasteiger partial charge >= 0.3 is 0 Å². The Kier molecular flexibility index (Phi) is 6.17. The van der Waals surface area contributed by atoms with Crippen LogP contribution in [0.2, 0.25) is 0 Å². The van der Waals surface area contributed by atoms with E-state index in [1.54, 1.807) is 0 Å². The lowest BCUT2D eigenvalue weighted by Crippen LogP contribution is -2.41. The van der Waals surface area contributed by atoms with Gasteiger partial charge in [-0.1, -0.05) is 28.1 Å². The van der Waals surface area contributed by atoms with Gasteiger partial charge in [-0.15, -0.1) is 0 Å². The Bertz CT molecular complexity index is 321. The molecule has 0 heterocycles. The van der Waals surface area contributed by atoms with E-state index in [9.17, 15) is 0 Å². The van der Waals surface area contributed by atoms with E-state index in [0.717, 1.165) is 17.4 Å². The molecule has 0 saturated carbocycles. The molecule has 1 aromatic rings. The maximum Gasteiger partial charge on any atom is 0.0175 e. The van der Waals surface area contributed by atoms with Crippen molar-refractivity contribution in [3.05, 3.63) is 34.3 Å². The smallest absolute Gasteiger partial charge is 0.0175 e. The number of likely N-dealkylation sites (N-methyl/N-ethyl adjacent to an activating group) is 1. The van der Waals surface area contributed by atoms with E-state index in [0.29, 0.717) is 12.1 Å². The summed E-state index contributed by atoms with van der Waals surface area (Å²) in [7, 11) is 4.22. The fourth-order valence-corrected chi connectivity index (χ4v) is 2.38. The average molecular weight is 299 g/mol. The molecule has 96 valence electrons. The van der Waals surface area contributed by atoms with Crippen molar-refractivity contribution in [2.75, 3.05) is 20.6 Å². The summed E-state index contributed by atoms with van der Waals surface area (Å²) in [5.41, 5.74) is 1.38. The van der Waals surface area contributed by atoms with E-state index < -0.39 is 0 Å². The first-order chi connectivity index (χ1) is 7.97. The molecule has 1 aromatic carbocycles. The Morgan fingerprint density at radius 2 is 1.71 bits per heavy atom. The molecule has 3 heteroatoms. The normalized spacial score (nSPS) is 14.9. The third-order valence-corrected chi connectivity index (χ3v) is 3.19. The lowest BCUT2D eigenvalue weighted by Gasteiger charge is -2.23. The molecule has 2 unspecified atom stereocenters. The van der Waals surface area contributed by atoms with Crippen LogP contribution in [0.5, 0.6) is 0 Å². The fourth-order valence-electron chi connectivity index (χ4n) is 2.12. The van der Waals surface area contributed by atoms with Gasteiger partial charge in [0.05, 0.1) is 0 Å². The first-order valence-electron chi connectivity index (χ1n) is 6.12. The summed E-state index contributed by atoms with van der Waals surface area (Å²) in [6.45, 7) is 5.55. The summed E-state index contributed by atoms with van der Waals surface area (Å²) >= 11 is 3.46. The molecule has 2 nitrogen and oxygen atoms in total. The van der Waals surface area contributed by atoms with Crippen LogP contribution in [0.4, 0.5) is 0 Å². The van der Waals surface area contributed by atoms with Gasteiger partial charge in [0.2, 0.25) is 0 Å². The third-order valence-electron chi connectivity index (χ3n) is 2.66. The minimum Gasteiger partial charge on any atom is -0.310 e. The lowest BCUT2D eigenvalue weighted by molar-refractivity contribution is 0.332. The van der Waals surface area contributed by atoms with E-state index in [-0.39, 0.29) is 0 Å². The summed E-state index contributed by atoms with van der Waals surface area (Å²) in [5.74, 6) is 0. The standard InChI is InChI=1S/C14H23BrN2/c1-11(16-12(2)10-17(3)4)9-13-5-7-14(15)8-6-13/h5-8,11-12,16H,9-10H2,1-4H3. The number of halogens is 1. The second-order valence-electron chi connectivity index (χ2n) is 5.06. The van der Waals surface area contributed by atoms with Crippen LogP contribution < -0.4 is 5.32 Å². The largest absolute Gasteiger partial charge is 0.310 e. The molecule has 17 heavy (non-hydrogen) atoms. The Labute approximate surface area is 114 Å². The van der Waals surface area contributed by atoms with E-state index in [1.165, 1.54) is 5.56 Å². The van der Waals surface area contributed by atoms with Crippen LogP contribution in [-0.4, -0.2) is 37.6 Å². The van der Waals surface area contributed by atoms with Crippen LogP contribution in [0.3, 0.4) is 0 Å². The van der Waals surface area contributed by atoms with Gasteiger partial charge in [0, 0.05) is 23.1 Å². The lowest BCUT2D eigenvalue weighted by atomic mass is 10.1. The SMILES string of the molecule is CC(Cc1ccc(Br)cc1)NC(C)CN(C)C. The summed E-state index contributed by atoms with van der Waals surface area (Å²) in [6, 6.07) is 9.59. The summed E-state index contributed by atoms with van der Waals surface area (Å²) < 4.78 is 1.14. The molecular formula is C14H23BrN2. The third kappa shape index (κ3) is 6.20. The molecule has 1 rings (SSSR count). The molecule has 0 saturated heterocycles. The van der Waals surface area contributed by atoms with Crippen LogP contribution in [0.25, 0.3) is 0 Å². The molecule has 2 atom stereocenters. The summed E-state index contributed by atoms with van der Waals surface area (Å²) in [6.07, 6.45) is 1.07. The fraction of sp³-hybridized carbons (Fsp3) is 0.571. The minimum absolute atomic E-state index is 0.506. The zero-order valence-electron chi connectivity index (χ0n) is 11.2. The van der Waals surface area contributed by atoms with Crippen molar-refractivity contribution in [1.29, 1.82) is 0 Å². The number of hydrogen-bond acceptors (Lipinski definition) is 2. The van der Waals surface area contributed by atoms with Gasteiger partial charge in [-0.2, -0.15) is 0 Å². The van der Waals surface area contributed by atoms with Gasteiger partial charge in [-0.05, 0) is 52.1 Å². The van der Waals surface area contributed by atoms with Gasteiger partial charge in [0.15, 0.2) is 0 Å². The van der Waals surface area contributed by atoms with Crippen LogP contribution >= 0.6 is 15.9 Å². The van der Waals surface area contributed by atoms with Gasteiger partial charge < -0.3 is 10.2 Å². The van der Waals surface area contributed by atoms with Crippen LogP contribution in [-0.2, 0) is 6.42 Å². The molecule has 0 spiro atoms. The van der Waals surface area contributed by atoms with E-state index in [1.807, 2.05) is 0 Å². The second-order valence-corrected chi connectivity index (χ2v) is 5.98. The zero-order valence-corrected chi connectivity index (χ0v) is 12.8. The highest BCUT2D eigenvalue weighted by Gasteiger charge is 2.08. The highest BCUT2D eigenvalue weighted by molar-refractivity contribution is 9.10. The molecule has 0 radical (unpaired) electrons. The molecule has 0 aliphatic heterocycles. The van der Waals surface area contributed by atoms with Gasteiger partial charge in [-0.25, -0.2) is 0 Å². The molecule has 0 aliphatic rings. The van der Waals surface area contributed by atoms with Gasteiger partial charge in [0.1, 0.15) is 0 Å². The van der Waals surface area contributed by atoms with Crippen molar-refractivity contribution in [1.82, 2.24) is 10.2 Å². The molecule has 0 aliphatic carbocycles. The molecule has 0 aromatic heterocycles. The van der Waals surface area contributed by atoms with Crippen molar-refractivity contribution in [2.45, 2.75) is 32.4 Å². The second kappa shape index (κ2) is 7.14. The molecule has 0 bridgehead atoms. The molecule has 0 fully saturated rings. The van der Waals surface area contributed by atoms with Crippen molar-refractivity contribution >= 4 is 15.9 Å². The first-order valence-corrected chi connectivity index (χ1v) is 6.92. The Morgan fingerprint density at radius 1 is 1.12 bits per heavy atom. The number of nitrogens with one attached hydrogen (secondary N) is 1. The maximum atomic E-state index is 3.62. The molecular weight excluding hydrogens is 276 g/mol. The number of hydrogen-bond donors (Lipinski definition) is 1. The summed E-state index contributed by atoms with van der Waals surface area (Å²) in [4.78, 5) is 2.21. The quantitative estimate of drug-likeness (QED) is 0.869. The molecule has 0 amide bonds. The number of benzene rings is 1. The Balaban J connectivity index is 2.38. The van der Waals surface area contributed by atoms with Gasteiger partial charge in [0.25, 0.3) is 0 Å². The van der Waals surface area contributed by atoms with Crippen molar-refractivity contribution < 1.29 is 0 Å². The number of rotatable bonds is 6. The number of nitrogens with zero attached hydrogens (tertiary/aromatic N) is 1. The van der Waals surface area contributed by atoms with Crippen molar-refractivity contribution in [2.24, 2.45) is 0 Å². The van der Waals surface area contributed by atoms with Crippen molar-refractivity contribution in [3.63, 3.8) is 0 Å². The molecule has 1 N–H and O–H groups in total. The predicted molar refractivity (Wildman–Crippen MR) is 78.5 cm³/mol. The highest BCUT2D eigenvalue weighted by Crippen LogP contribution is 2.12. The van der Waals surface area contributed by atoms with Crippen molar-refractivity contribution in [3.8, 4) is 0 Å². The Hall–Kier alpha value is -0.380. The predicted octanol–water partition coefficient (Wildman–Crippen LogP) is 2.92. The zero-order chi connectivity index (χ0) is 12.8. The topological polar surface area (TPSA) is 15.3 Å². The minimum atomic E-state index is 0.506. The van der Waals surface area contributed by atoms with Gasteiger partial charge in [-0.3, -0.25) is 0 Å². The average Bonchev–Trinajstić information content (AvgIpc) is 2.19. The van der Waals surface area contributed by atoms with E-state index in [2.05, 4.69) is 78.4 Å². The van der Waals surface area contributed by atoms with E-state index in [4.69, 9.17) is 0 Å². The van der Waals surface area contributed by atoms with Crippen LogP contribution in [0.15, 0.2) is 28.7 Å². The highest BCUT2D eigenvalue weighted by atomic mass is 79.9. The summed E-state index contributed by atoms with van der Waals surface area (Å²) in [5, 5.41) is 3.62. The first kappa shape index (κ1) is 14.7. The monoisotopic (exact) mass is 298 g/mol. The Morgan fingerprint density at radius 3 is 2.24 bits per heavy atom. The maximum absolute atomic E-state index is 3.62. The van der Waals surface area contributed by atoms with Crippen LogP contribution in [0, 0.1) is 0 Å².